The third-order valence-electron chi connectivity index (χ3n) is 4.50. The Morgan fingerprint density at radius 2 is 2.00 bits per heavy atom. The first-order valence-electron chi connectivity index (χ1n) is 8.47. The van der Waals surface area contributed by atoms with E-state index in [0.717, 1.165) is 26.2 Å². The second-order valence-corrected chi connectivity index (χ2v) is 6.27. The first-order valence-corrected chi connectivity index (χ1v) is 8.47. The van der Waals surface area contributed by atoms with E-state index >= 15 is 0 Å². The minimum Gasteiger partial charge on any atom is -0.382 e. The van der Waals surface area contributed by atoms with Crippen LogP contribution in [0.25, 0.3) is 0 Å². The van der Waals surface area contributed by atoms with Crippen molar-refractivity contribution in [3.63, 3.8) is 0 Å². The second-order valence-electron chi connectivity index (χ2n) is 6.27. The van der Waals surface area contributed by atoms with Gasteiger partial charge in [-0.3, -0.25) is 9.69 Å². The number of nitrogens with zero attached hydrogens (tertiary/aromatic N) is 4. The van der Waals surface area contributed by atoms with Crippen molar-refractivity contribution in [3.8, 4) is 0 Å². The largest absolute Gasteiger partial charge is 0.382 e. The van der Waals surface area contributed by atoms with E-state index in [9.17, 15) is 4.79 Å². The lowest BCUT2D eigenvalue weighted by Gasteiger charge is -2.40. The van der Waals surface area contributed by atoms with Crippen molar-refractivity contribution >= 4 is 11.7 Å². The summed E-state index contributed by atoms with van der Waals surface area (Å²) in [4.78, 5) is 24.8. The quantitative estimate of drug-likeness (QED) is 0.836. The number of hydrogen-bond donors (Lipinski definition) is 2. The number of amides is 1. The van der Waals surface area contributed by atoms with Crippen LogP contribution in [0, 0.1) is 0 Å². The summed E-state index contributed by atoms with van der Waals surface area (Å²) in [6, 6.07) is 10.8. The summed E-state index contributed by atoms with van der Waals surface area (Å²) >= 11 is 0. The van der Waals surface area contributed by atoms with E-state index < -0.39 is 0 Å². The van der Waals surface area contributed by atoms with Crippen LogP contribution in [0.1, 0.15) is 22.1 Å². The number of carbonyl (C=O) groups is 1. The maximum absolute atomic E-state index is 12.2. The lowest BCUT2D eigenvalue weighted by atomic mass is 10.0. The predicted molar refractivity (Wildman–Crippen MR) is 97.0 cm³/mol. The highest BCUT2D eigenvalue weighted by atomic mass is 16.1. The number of rotatable bonds is 5. The van der Waals surface area contributed by atoms with Crippen molar-refractivity contribution in [1.29, 1.82) is 0 Å². The number of carbonyl (C=O) groups excluding carboxylic acids is 1. The number of likely N-dealkylation sites (N-methyl/N-ethyl adjacent to an activating group) is 1. The molecular weight excluding hydrogens is 316 g/mol. The molecule has 3 rings (SSSR count). The van der Waals surface area contributed by atoms with E-state index in [1.165, 1.54) is 18.0 Å². The van der Waals surface area contributed by atoms with Gasteiger partial charge in [0.25, 0.3) is 5.91 Å². The number of hydrogen-bond acceptors (Lipinski definition) is 6. The fourth-order valence-electron chi connectivity index (χ4n) is 3.14. The fourth-order valence-corrected chi connectivity index (χ4v) is 3.14. The molecule has 1 amide bonds. The molecule has 0 bridgehead atoms. The molecule has 1 aromatic heterocycles. The zero-order valence-corrected chi connectivity index (χ0v) is 14.4. The van der Waals surface area contributed by atoms with Gasteiger partial charge >= 0.3 is 0 Å². The van der Waals surface area contributed by atoms with Crippen molar-refractivity contribution in [2.24, 2.45) is 0 Å². The zero-order valence-electron chi connectivity index (χ0n) is 14.4. The van der Waals surface area contributed by atoms with Crippen LogP contribution < -0.4 is 11.1 Å². The summed E-state index contributed by atoms with van der Waals surface area (Å²) in [5.74, 6) is -0.127. The van der Waals surface area contributed by atoms with Crippen LogP contribution in [0.2, 0.25) is 0 Å². The van der Waals surface area contributed by atoms with Crippen molar-refractivity contribution < 1.29 is 4.79 Å². The Morgan fingerprint density at radius 3 is 2.76 bits per heavy atom. The number of anilines is 1. The number of piperazine rings is 1. The molecule has 0 spiro atoms. The van der Waals surface area contributed by atoms with Gasteiger partial charge in [0.05, 0.1) is 0 Å². The smallest absolute Gasteiger partial charge is 0.273 e. The molecule has 2 aromatic rings. The molecule has 132 valence electrons. The molecule has 0 saturated carbocycles. The number of benzene rings is 1. The van der Waals surface area contributed by atoms with Crippen LogP contribution in [0.4, 0.5) is 5.82 Å². The number of nitrogen functional groups attached to an aromatic ring is 1. The molecule has 1 fully saturated rings. The van der Waals surface area contributed by atoms with Gasteiger partial charge in [-0.15, -0.1) is 0 Å². The van der Waals surface area contributed by atoms with E-state index in [2.05, 4.69) is 56.4 Å². The summed E-state index contributed by atoms with van der Waals surface area (Å²) in [7, 11) is 2.14. The maximum Gasteiger partial charge on any atom is 0.273 e. The van der Waals surface area contributed by atoms with Gasteiger partial charge in [0.2, 0.25) is 0 Å². The predicted octanol–water partition coefficient (Wildman–Crippen LogP) is 0.777. The number of nitrogens with one attached hydrogen (secondary N) is 1. The molecule has 1 aliphatic rings. The molecule has 2 heterocycles. The molecule has 25 heavy (non-hydrogen) atoms. The average Bonchev–Trinajstić information content (AvgIpc) is 2.64. The average molecular weight is 340 g/mol. The maximum atomic E-state index is 12.2. The van der Waals surface area contributed by atoms with Crippen LogP contribution >= 0.6 is 0 Å². The van der Waals surface area contributed by atoms with Gasteiger partial charge in [0, 0.05) is 51.2 Å². The first kappa shape index (κ1) is 17.3. The molecule has 0 unspecified atom stereocenters. The highest BCUT2D eigenvalue weighted by Crippen LogP contribution is 2.24. The molecule has 3 N–H and O–H groups in total. The molecule has 0 radical (unpaired) electrons. The van der Waals surface area contributed by atoms with E-state index in [1.807, 2.05) is 6.07 Å². The Bertz CT molecular complexity index is 708. The Hall–Kier alpha value is -2.51. The van der Waals surface area contributed by atoms with Gasteiger partial charge in [-0.25, -0.2) is 9.97 Å². The van der Waals surface area contributed by atoms with E-state index in [0.29, 0.717) is 12.6 Å². The second kappa shape index (κ2) is 8.04. The van der Waals surface area contributed by atoms with Crippen LogP contribution in [-0.2, 0) is 0 Å². The Morgan fingerprint density at radius 1 is 1.24 bits per heavy atom. The highest BCUT2D eigenvalue weighted by Gasteiger charge is 2.26. The first-order chi connectivity index (χ1) is 12.1. The summed E-state index contributed by atoms with van der Waals surface area (Å²) in [5, 5.41) is 2.89. The van der Waals surface area contributed by atoms with Crippen molar-refractivity contribution in [3.05, 3.63) is 54.0 Å². The SMILES string of the molecule is CN1CCN(CCNC(=O)c2nccnc2N)[C@H](c2ccccc2)C1. The van der Waals surface area contributed by atoms with Gasteiger partial charge in [0.1, 0.15) is 0 Å². The topological polar surface area (TPSA) is 87.4 Å². The molecule has 1 aliphatic heterocycles. The number of aromatic nitrogens is 2. The van der Waals surface area contributed by atoms with Crippen LogP contribution in [0.5, 0.6) is 0 Å². The van der Waals surface area contributed by atoms with E-state index in [4.69, 9.17) is 5.73 Å². The molecule has 1 saturated heterocycles. The number of nitrogens with two attached hydrogens (primary N) is 1. The monoisotopic (exact) mass is 340 g/mol. The van der Waals surface area contributed by atoms with Gasteiger partial charge in [0.15, 0.2) is 11.5 Å². The highest BCUT2D eigenvalue weighted by molar-refractivity contribution is 5.96. The van der Waals surface area contributed by atoms with E-state index in [1.54, 1.807) is 0 Å². The lowest BCUT2D eigenvalue weighted by molar-refractivity contribution is 0.0841. The molecule has 7 heteroatoms. The molecular formula is C18H24N6O. The van der Waals surface area contributed by atoms with Gasteiger partial charge in [-0.1, -0.05) is 30.3 Å². The van der Waals surface area contributed by atoms with Gasteiger partial charge in [-0.2, -0.15) is 0 Å². The summed E-state index contributed by atoms with van der Waals surface area (Å²) in [6.07, 6.45) is 2.94. The fraction of sp³-hybridized carbons (Fsp3) is 0.389. The third kappa shape index (κ3) is 4.32. The molecule has 1 aromatic carbocycles. The minimum atomic E-state index is -0.281. The molecule has 7 nitrogen and oxygen atoms in total. The summed E-state index contributed by atoms with van der Waals surface area (Å²) in [5.41, 5.74) is 7.18. The summed E-state index contributed by atoms with van der Waals surface area (Å²) in [6.45, 7) is 4.30. The Labute approximate surface area is 147 Å². The van der Waals surface area contributed by atoms with E-state index in [-0.39, 0.29) is 17.4 Å². The lowest BCUT2D eigenvalue weighted by Crippen LogP contribution is -2.49. The van der Waals surface area contributed by atoms with Crippen molar-refractivity contribution in [1.82, 2.24) is 25.1 Å². The standard InChI is InChI=1S/C18H24N6O/c1-23-11-12-24(15(13-23)14-5-3-2-4-6-14)10-9-22-18(25)16-17(19)21-8-7-20-16/h2-8,15H,9-13H2,1H3,(H2,19,21)(H,22,25)/t15-/m0/s1. The Kier molecular flexibility index (Phi) is 5.57. The van der Waals surface area contributed by atoms with Crippen molar-refractivity contribution in [2.75, 3.05) is 45.5 Å². The van der Waals surface area contributed by atoms with Crippen LogP contribution in [0.3, 0.4) is 0 Å². The molecule has 0 aliphatic carbocycles. The normalized spacial score (nSPS) is 18.8. The molecule has 1 atom stereocenters. The zero-order chi connectivity index (χ0) is 17.6. The summed E-state index contributed by atoms with van der Waals surface area (Å²) < 4.78 is 0. The van der Waals surface area contributed by atoms with Gasteiger partial charge < -0.3 is 16.0 Å². The minimum absolute atomic E-state index is 0.154. The van der Waals surface area contributed by atoms with Gasteiger partial charge in [-0.05, 0) is 12.6 Å². The van der Waals surface area contributed by atoms with Crippen LogP contribution in [-0.4, -0.2) is 65.4 Å². The third-order valence-corrected chi connectivity index (χ3v) is 4.50. The van der Waals surface area contributed by atoms with Crippen molar-refractivity contribution in [2.45, 2.75) is 6.04 Å². The Balaban J connectivity index is 1.59. The van der Waals surface area contributed by atoms with Crippen LogP contribution in [0.15, 0.2) is 42.7 Å².